The van der Waals surface area contributed by atoms with Gasteiger partial charge in [-0.1, -0.05) is 51.1 Å². The van der Waals surface area contributed by atoms with E-state index in [0.29, 0.717) is 12.1 Å². The molecule has 3 rings (SSSR count). The van der Waals surface area contributed by atoms with Crippen molar-refractivity contribution in [2.24, 2.45) is 5.92 Å². The fraction of sp³-hybridized carbons (Fsp3) is 0.318. The van der Waals surface area contributed by atoms with Crippen molar-refractivity contribution < 1.29 is 14.4 Å². The molecule has 28 heavy (non-hydrogen) atoms. The van der Waals surface area contributed by atoms with Gasteiger partial charge in [0.15, 0.2) is 0 Å². The lowest BCUT2D eigenvalue weighted by molar-refractivity contribution is -0.126. The molecule has 1 fully saturated rings. The molecule has 0 radical (unpaired) electrons. The van der Waals surface area contributed by atoms with E-state index in [9.17, 15) is 14.4 Å². The summed E-state index contributed by atoms with van der Waals surface area (Å²) in [6.45, 7) is 6.60. The number of anilines is 1. The van der Waals surface area contributed by atoms with Crippen LogP contribution in [0.2, 0.25) is 0 Å². The van der Waals surface area contributed by atoms with E-state index in [1.54, 1.807) is 17.0 Å². The second-order valence-corrected chi connectivity index (χ2v) is 8.01. The maximum Gasteiger partial charge on any atom is 0.269 e. The third-order valence-corrected chi connectivity index (χ3v) is 4.88. The van der Waals surface area contributed by atoms with Crippen LogP contribution in [0.1, 0.15) is 43.1 Å². The number of benzene rings is 2. The third-order valence-electron chi connectivity index (χ3n) is 4.88. The lowest BCUT2D eigenvalue weighted by Crippen LogP contribution is -2.45. The lowest BCUT2D eigenvalue weighted by atomic mass is 9.87. The minimum Gasteiger partial charge on any atom is -0.312 e. The van der Waals surface area contributed by atoms with Crippen molar-refractivity contribution in [3.8, 4) is 0 Å². The van der Waals surface area contributed by atoms with Gasteiger partial charge in [0.05, 0.1) is 5.92 Å². The normalized spacial score (nSPS) is 16.8. The standard InChI is InChI=1S/C22H25N3O3/c1-22(2,3)17-11-9-15(10-12-17)20(27)23-24-21(28)16-13-19(26)25(14-16)18-7-5-4-6-8-18/h4-12,16H,13-14H2,1-3H3,(H,23,27)(H,24,28)/t16-/m1/s1. The molecular formula is C22H25N3O3. The van der Waals surface area contributed by atoms with Crippen molar-refractivity contribution in [1.29, 1.82) is 0 Å². The number of nitrogens with zero attached hydrogens (tertiary/aromatic N) is 1. The van der Waals surface area contributed by atoms with Crippen LogP contribution >= 0.6 is 0 Å². The molecule has 0 aliphatic carbocycles. The number of rotatable bonds is 3. The van der Waals surface area contributed by atoms with Gasteiger partial charge in [-0.15, -0.1) is 0 Å². The number of hydrogen-bond acceptors (Lipinski definition) is 3. The number of hydrogen-bond donors (Lipinski definition) is 2. The number of para-hydroxylation sites is 1. The summed E-state index contributed by atoms with van der Waals surface area (Å²) in [5.41, 5.74) is 7.23. The van der Waals surface area contributed by atoms with Crippen LogP contribution in [-0.2, 0) is 15.0 Å². The second-order valence-electron chi connectivity index (χ2n) is 8.01. The van der Waals surface area contributed by atoms with Crippen molar-refractivity contribution in [3.05, 3.63) is 65.7 Å². The van der Waals surface area contributed by atoms with Crippen molar-refractivity contribution in [2.45, 2.75) is 32.6 Å². The van der Waals surface area contributed by atoms with Crippen molar-refractivity contribution in [3.63, 3.8) is 0 Å². The van der Waals surface area contributed by atoms with Crippen LogP contribution in [-0.4, -0.2) is 24.3 Å². The molecule has 2 N–H and O–H groups in total. The Labute approximate surface area is 164 Å². The smallest absolute Gasteiger partial charge is 0.269 e. The van der Waals surface area contributed by atoms with E-state index >= 15 is 0 Å². The summed E-state index contributed by atoms with van der Waals surface area (Å²) in [6.07, 6.45) is 0.122. The van der Waals surface area contributed by atoms with Crippen LogP contribution in [0, 0.1) is 5.92 Å². The van der Waals surface area contributed by atoms with Gasteiger partial charge in [-0.05, 0) is 35.2 Å². The summed E-state index contributed by atoms with van der Waals surface area (Å²) in [4.78, 5) is 38.5. The molecule has 1 heterocycles. The molecule has 2 aromatic rings. The van der Waals surface area contributed by atoms with Gasteiger partial charge in [0, 0.05) is 24.2 Å². The monoisotopic (exact) mass is 379 g/mol. The minimum atomic E-state index is -0.503. The third kappa shape index (κ3) is 4.39. The van der Waals surface area contributed by atoms with Gasteiger partial charge in [-0.25, -0.2) is 0 Å². The molecule has 6 heteroatoms. The van der Waals surface area contributed by atoms with Gasteiger partial charge in [-0.2, -0.15) is 0 Å². The average Bonchev–Trinajstić information content (AvgIpc) is 3.08. The Morgan fingerprint density at radius 2 is 1.61 bits per heavy atom. The van der Waals surface area contributed by atoms with Gasteiger partial charge in [0.1, 0.15) is 0 Å². The molecule has 0 aromatic heterocycles. The Balaban J connectivity index is 1.55. The SMILES string of the molecule is CC(C)(C)c1ccc(C(=O)NNC(=O)[C@@H]2CC(=O)N(c3ccccc3)C2)cc1. The Morgan fingerprint density at radius 3 is 2.21 bits per heavy atom. The predicted octanol–water partition coefficient (Wildman–Crippen LogP) is 2.80. The molecular weight excluding hydrogens is 354 g/mol. The Kier molecular flexibility index (Phi) is 5.49. The predicted molar refractivity (Wildman–Crippen MR) is 108 cm³/mol. The highest BCUT2D eigenvalue weighted by molar-refractivity contribution is 6.01. The van der Waals surface area contributed by atoms with Crippen molar-refractivity contribution in [1.82, 2.24) is 10.9 Å². The number of carbonyl (C=O) groups is 3. The van der Waals surface area contributed by atoms with Crippen LogP contribution in [0.3, 0.4) is 0 Å². The maximum atomic E-state index is 12.4. The minimum absolute atomic E-state index is 0.00284. The summed E-state index contributed by atoms with van der Waals surface area (Å²) < 4.78 is 0. The maximum absolute atomic E-state index is 12.4. The molecule has 1 atom stereocenters. The van der Waals surface area contributed by atoms with E-state index in [2.05, 4.69) is 31.6 Å². The first-order chi connectivity index (χ1) is 13.3. The van der Waals surface area contributed by atoms with Crippen molar-refractivity contribution >= 4 is 23.4 Å². The van der Waals surface area contributed by atoms with E-state index in [-0.39, 0.29) is 23.7 Å². The van der Waals surface area contributed by atoms with Crippen LogP contribution in [0.15, 0.2) is 54.6 Å². The molecule has 2 aromatic carbocycles. The molecule has 0 saturated carbocycles. The number of carbonyl (C=O) groups excluding carboxylic acids is 3. The van der Waals surface area contributed by atoms with Gasteiger partial charge >= 0.3 is 0 Å². The number of amides is 3. The Hall–Kier alpha value is -3.15. The summed E-state index contributed by atoms with van der Waals surface area (Å²) in [6, 6.07) is 16.5. The summed E-state index contributed by atoms with van der Waals surface area (Å²) in [7, 11) is 0. The molecule has 1 aliphatic heterocycles. The van der Waals surface area contributed by atoms with E-state index in [4.69, 9.17) is 0 Å². The molecule has 0 unspecified atom stereocenters. The topological polar surface area (TPSA) is 78.5 Å². The summed E-state index contributed by atoms with van der Waals surface area (Å²) >= 11 is 0. The highest BCUT2D eigenvalue weighted by Crippen LogP contribution is 2.25. The van der Waals surface area contributed by atoms with E-state index in [0.717, 1.165) is 11.3 Å². The zero-order chi connectivity index (χ0) is 20.3. The molecule has 146 valence electrons. The molecule has 0 spiro atoms. The van der Waals surface area contributed by atoms with Gasteiger partial charge in [0.25, 0.3) is 5.91 Å². The fourth-order valence-corrected chi connectivity index (χ4v) is 3.15. The first kappa shape index (κ1) is 19.6. The fourth-order valence-electron chi connectivity index (χ4n) is 3.15. The average molecular weight is 379 g/mol. The lowest BCUT2D eigenvalue weighted by Gasteiger charge is -2.19. The second kappa shape index (κ2) is 7.84. The number of hydrazine groups is 1. The largest absolute Gasteiger partial charge is 0.312 e. The molecule has 3 amide bonds. The van der Waals surface area contributed by atoms with Crippen LogP contribution in [0.25, 0.3) is 0 Å². The Morgan fingerprint density at radius 1 is 0.964 bits per heavy atom. The van der Waals surface area contributed by atoms with E-state index < -0.39 is 11.8 Å². The quantitative estimate of drug-likeness (QED) is 0.805. The summed E-state index contributed by atoms with van der Waals surface area (Å²) in [5, 5.41) is 0. The highest BCUT2D eigenvalue weighted by Gasteiger charge is 2.35. The van der Waals surface area contributed by atoms with Gasteiger partial charge in [0.2, 0.25) is 11.8 Å². The molecule has 1 aliphatic rings. The molecule has 0 bridgehead atoms. The first-order valence-electron chi connectivity index (χ1n) is 9.32. The van der Waals surface area contributed by atoms with E-state index in [1.807, 2.05) is 42.5 Å². The van der Waals surface area contributed by atoms with Crippen molar-refractivity contribution in [2.75, 3.05) is 11.4 Å². The zero-order valence-electron chi connectivity index (χ0n) is 16.4. The Bertz CT molecular complexity index is 870. The molecule has 6 nitrogen and oxygen atoms in total. The van der Waals surface area contributed by atoms with Crippen LogP contribution in [0.4, 0.5) is 5.69 Å². The van der Waals surface area contributed by atoms with Crippen LogP contribution in [0.5, 0.6) is 0 Å². The van der Waals surface area contributed by atoms with E-state index in [1.165, 1.54) is 0 Å². The van der Waals surface area contributed by atoms with Gasteiger partial charge < -0.3 is 4.90 Å². The first-order valence-corrected chi connectivity index (χ1v) is 9.32. The highest BCUT2D eigenvalue weighted by atomic mass is 16.2. The number of nitrogens with one attached hydrogen (secondary N) is 2. The van der Waals surface area contributed by atoms with Crippen LogP contribution < -0.4 is 15.8 Å². The zero-order valence-corrected chi connectivity index (χ0v) is 16.4. The molecule has 1 saturated heterocycles. The summed E-state index contributed by atoms with van der Waals surface area (Å²) in [5.74, 6) is -1.36. The van der Waals surface area contributed by atoms with Gasteiger partial charge in [-0.3, -0.25) is 25.2 Å².